The largest absolute Gasteiger partial charge is 0.478 e. The van der Waals surface area contributed by atoms with E-state index in [1.165, 1.54) is 31.4 Å². The van der Waals surface area contributed by atoms with Crippen LogP contribution in [0.1, 0.15) is 54.6 Å². The summed E-state index contributed by atoms with van der Waals surface area (Å²) < 4.78 is 0. The van der Waals surface area contributed by atoms with Crippen molar-refractivity contribution >= 4 is 29.2 Å². The Morgan fingerprint density at radius 3 is 2.34 bits per heavy atom. The Hall–Kier alpha value is -2.53. The molecule has 1 aliphatic rings. The molecule has 2 aromatic carbocycles. The van der Waals surface area contributed by atoms with Gasteiger partial charge in [-0.2, -0.15) is 0 Å². The maximum atomic E-state index is 12.7. The van der Waals surface area contributed by atoms with Crippen LogP contribution >= 0.6 is 11.6 Å². The SMILES string of the molecule is CC(C)(NC(=O)Cc1ccc(C(=O)O)cc1)c1cc(Cl)ccc1N1CCCCC1. The standard InChI is InChI=1S/C23H27ClN2O3/c1-23(2,25-21(27)14-16-6-8-17(9-7-16)22(28)29)19-15-18(24)10-11-20(19)26-12-4-3-5-13-26/h6-11,15H,3-5,12-14H2,1-2H3,(H,25,27)(H,28,29). The van der Waals surface area contributed by atoms with Crippen LogP contribution in [-0.4, -0.2) is 30.1 Å². The van der Waals surface area contributed by atoms with Crippen molar-refractivity contribution in [3.63, 3.8) is 0 Å². The minimum absolute atomic E-state index is 0.123. The Balaban J connectivity index is 1.76. The van der Waals surface area contributed by atoms with Crippen LogP contribution < -0.4 is 10.2 Å². The van der Waals surface area contributed by atoms with Crippen molar-refractivity contribution in [1.29, 1.82) is 0 Å². The second-order valence-corrected chi connectivity index (χ2v) is 8.50. The summed E-state index contributed by atoms with van der Waals surface area (Å²) in [6.45, 7) is 5.98. The molecule has 0 aromatic heterocycles. The molecule has 0 spiro atoms. The summed E-state index contributed by atoms with van der Waals surface area (Å²) in [6.07, 6.45) is 3.77. The zero-order valence-electron chi connectivity index (χ0n) is 16.9. The Bertz CT molecular complexity index is 887. The maximum absolute atomic E-state index is 12.7. The van der Waals surface area contributed by atoms with Gasteiger partial charge in [-0.1, -0.05) is 23.7 Å². The number of hydrogen-bond donors (Lipinski definition) is 2. The van der Waals surface area contributed by atoms with Crippen molar-refractivity contribution in [2.24, 2.45) is 0 Å². The smallest absolute Gasteiger partial charge is 0.335 e. The number of piperidine rings is 1. The fourth-order valence-corrected chi connectivity index (χ4v) is 4.00. The van der Waals surface area contributed by atoms with Gasteiger partial charge in [0.15, 0.2) is 0 Å². The molecule has 0 bridgehead atoms. The van der Waals surface area contributed by atoms with Crippen molar-refractivity contribution < 1.29 is 14.7 Å². The van der Waals surface area contributed by atoms with Crippen LogP contribution in [0.25, 0.3) is 0 Å². The number of anilines is 1. The second kappa shape index (κ2) is 8.87. The normalized spacial score (nSPS) is 14.5. The highest BCUT2D eigenvalue weighted by Crippen LogP contribution is 2.34. The van der Waals surface area contributed by atoms with E-state index in [4.69, 9.17) is 16.7 Å². The van der Waals surface area contributed by atoms with Gasteiger partial charge in [-0.05, 0) is 69.0 Å². The molecule has 5 nitrogen and oxygen atoms in total. The van der Waals surface area contributed by atoms with Gasteiger partial charge in [0, 0.05) is 29.4 Å². The van der Waals surface area contributed by atoms with Crippen molar-refractivity contribution in [2.45, 2.75) is 45.1 Å². The second-order valence-electron chi connectivity index (χ2n) is 8.06. The summed E-state index contributed by atoms with van der Waals surface area (Å²) in [4.78, 5) is 26.1. The molecule has 1 fully saturated rings. The number of nitrogens with zero attached hydrogens (tertiary/aromatic N) is 1. The van der Waals surface area contributed by atoms with Crippen molar-refractivity contribution in [3.8, 4) is 0 Å². The van der Waals surface area contributed by atoms with E-state index in [2.05, 4.69) is 10.2 Å². The first-order valence-electron chi connectivity index (χ1n) is 9.94. The first-order chi connectivity index (χ1) is 13.8. The quantitative estimate of drug-likeness (QED) is 0.723. The molecule has 3 rings (SSSR count). The molecule has 2 aromatic rings. The van der Waals surface area contributed by atoms with Crippen molar-refractivity contribution in [1.82, 2.24) is 5.32 Å². The number of rotatable bonds is 6. The molecule has 0 unspecified atom stereocenters. The minimum Gasteiger partial charge on any atom is -0.478 e. The molecular weight excluding hydrogens is 388 g/mol. The van der Waals surface area contributed by atoms with Gasteiger partial charge in [-0.25, -0.2) is 4.79 Å². The molecule has 6 heteroatoms. The molecule has 0 radical (unpaired) electrons. The van der Waals surface area contributed by atoms with Gasteiger partial charge in [0.2, 0.25) is 5.91 Å². The van der Waals surface area contributed by atoms with Gasteiger partial charge in [0.1, 0.15) is 0 Å². The topological polar surface area (TPSA) is 69.6 Å². The summed E-state index contributed by atoms with van der Waals surface area (Å²) in [5, 5.41) is 12.8. The lowest BCUT2D eigenvalue weighted by molar-refractivity contribution is -0.122. The molecule has 1 heterocycles. The van der Waals surface area contributed by atoms with Crippen LogP contribution in [0.5, 0.6) is 0 Å². The zero-order chi connectivity index (χ0) is 21.0. The third-order valence-electron chi connectivity index (χ3n) is 5.35. The molecule has 0 aliphatic carbocycles. The lowest BCUT2D eigenvalue weighted by Crippen LogP contribution is -2.43. The number of amides is 1. The molecular formula is C23H27ClN2O3. The van der Waals surface area contributed by atoms with Gasteiger partial charge in [0.05, 0.1) is 17.5 Å². The summed E-state index contributed by atoms with van der Waals surface area (Å²) in [5.41, 5.74) is 2.49. The molecule has 0 atom stereocenters. The first-order valence-corrected chi connectivity index (χ1v) is 10.3. The van der Waals surface area contributed by atoms with Gasteiger partial charge in [-0.3, -0.25) is 4.79 Å². The Morgan fingerprint density at radius 1 is 1.07 bits per heavy atom. The highest BCUT2D eigenvalue weighted by Gasteiger charge is 2.28. The Labute approximate surface area is 176 Å². The third kappa shape index (κ3) is 5.30. The van der Waals surface area contributed by atoms with Crippen LogP contribution in [0.4, 0.5) is 5.69 Å². The number of carboxylic acid groups (broad SMARTS) is 1. The first kappa shape index (κ1) is 21.2. The van der Waals surface area contributed by atoms with E-state index in [1.54, 1.807) is 12.1 Å². The number of hydrogen-bond acceptors (Lipinski definition) is 3. The van der Waals surface area contributed by atoms with E-state index >= 15 is 0 Å². The number of benzene rings is 2. The lowest BCUT2D eigenvalue weighted by Gasteiger charge is -2.36. The monoisotopic (exact) mass is 414 g/mol. The molecule has 29 heavy (non-hydrogen) atoms. The highest BCUT2D eigenvalue weighted by molar-refractivity contribution is 6.30. The van der Waals surface area contributed by atoms with Crippen LogP contribution in [0.15, 0.2) is 42.5 Å². The number of halogens is 1. The molecule has 1 saturated heterocycles. The molecule has 1 aliphatic heterocycles. The summed E-state index contributed by atoms with van der Waals surface area (Å²) >= 11 is 6.29. The fraction of sp³-hybridized carbons (Fsp3) is 0.391. The fourth-order valence-electron chi connectivity index (χ4n) is 3.83. The van der Waals surface area contributed by atoms with Gasteiger partial charge < -0.3 is 15.3 Å². The van der Waals surface area contributed by atoms with Crippen molar-refractivity contribution in [2.75, 3.05) is 18.0 Å². The minimum atomic E-state index is -0.978. The summed E-state index contributed by atoms with van der Waals surface area (Å²) in [5.74, 6) is -1.10. The number of nitrogens with one attached hydrogen (secondary N) is 1. The number of carboxylic acids is 1. The lowest BCUT2D eigenvalue weighted by atomic mass is 9.91. The van der Waals surface area contributed by atoms with Crippen molar-refractivity contribution in [3.05, 3.63) is 64.2 Å². The van der Waals surface area contributed by atoms with E-state index in [9.17, 15) is 9.59 Å². The Morgan fingerprint density at radius 2 is 1.72 bits per heavy atom. The van der Waals surface area contributed by atoms with Crippen LogP contribution in [0.2, 0.25) is 5.02 Å². The summed E-state index contributed by atoms with van der Waals surface area (Å²) in [6, 6.07) is 12.3. The Kier molecular flexibility index (Phi) is 6.48. The van der Waals surface area contributed by atoms with E-state index in [0.29, 0.717) is 5.02 Å². The van der Waals surface area contributed by atoms with E-state index in [0.717, 1.165) is 29.9 Å². The third-order valence-corrected chi connectivity index (χ3v) is 5.58. The van der Waals surface area contributed by atoms with Crippen LogP contribution in [0.3, 0.4) is 0 Å². The maximum Gasteiger partial charge on any atom is 0.335 e. The molecule has 0 saturated carbocycles. The van der Waals surface area contributed by atoms with Gasteiger partial charge >= 0.3 is 5.97 Å². The van der Waals surface area contributed by atoms with Crippen LogP contribution in [0, 0.1) is 0 Å². The predicted molar refractivity (Wildman–Crippen MR) is 116 cm³/mol. The molecule has 154 valence electrons. The zero-order valence-corrected chi connectivity index (χ0v) is 17.6. The average molecular weight is 415 g/mol. The highest BCUT2D eigenvalue weighted by atomic mass is 35.5. The van der Waals surface area contributed by atoms with E-state index < -0.39 is 11.5 Å². The average Bonchev–Trinajstić information content (AvgIpc) is 2.68. The van der Waals surface area contributed by atoms with Gasteiger partial charge in [-0.15, -0.1) is 0 Å². The van der Waals surface area contributed by atoms with E-state index in [1.807, 2.05) is 32.0 Å². The van der Waals surface area contributed by atoms with Gasteiger partial charge in [0.25, 0.3) is 0 Å². The number of carbonyl (C=O) groups is 2. The van der Waals surface area contributed by atoms with Crippen LogP contribution in [-0.2, 0) is 16.8 Å². The summed E-state index contributed by atoms with van der Waals surface area (Å²) in [7, 11) is 0. The number of carbonyl (C=O) groups excluding carboxylic acids is 1. The van der Waals surface area contributed by atoms with E-state index in [-0.39, 0.29) is 17.9 Å². The predicted octanol–water partition coefficient (Wildman–Crippen LogP) is 4.62. The number of aromatic carboxylic acids is 1. The molecule has 2 N–H and O–H groups in total. The molecule has 1 amide bonds.